The number of hydrogen-bond donors (Lipinski definition) is 1. The summed E-state index contributed by atoms with van der Waals surface area (Å²) < 4.78 is 5.12. The molecule has 0 aromatic heterocycles. The molecule has 1 N–H and O–H groups in total. The van der Waals surface area contributed by atoms with Crippen LogP contribution >= 0.6 is 0 Å². The van der Waals surface area contributed by atoms with Crippen molar-refractivity contribution in [2.24, 2.45) is 0 Å². The Hall–Kier alpha value is -3.16. The van der Waals surface area contributed by atoms with E-state index in [2.05, 4.69) is 5.32 Å². The molecule has 0 bridgehead atoms. The summed E-state index contributed by atoms with van der Waals surface area (Å²) in [5.41, 5.74) is 0.831. The van der Waals surface area contributed by atoms with Crippen LogP contribution in [0.15, 0.2) is 36.0 Å². The van der Waals surface area contributed by atoms with Crippen LogP contribution in [0.1, 0.15) is 30.1 Å². The van der Waals surface area contributed by atoms with Crippen LogP contribution in [0.2, 0.25) is 0 Å². The fourth-order valence-electron chi connectivity index (χ4n) is 2.23. The van der Waals surface area contributed by atoms with Crippen LogP contribution in [0.25, 0.3) is 0 Å². The third-order valence-corrected chi connectivity index (χ3v) is 3.88. The van der Waals surface area contributed by atoms with Crippen molar-refractivity contribution in [3.63, 3.8) is 0 Å². The third-order valence-electron chi connectivity index (χ3n) is 3.88. The topological polar surface area (TPSA) is 96.0 Å². The number of ether oxygens (including phenoxy) is 1. The summed E-state index contributed by atoms with van der Waals surface area (Å²) in [5.74, 6) is -1.76. The molecule has 0 spiro atoms. The first-order valence-corrected chi connectivity index (χ1v) is 8.20. The molecule has 0 saturated carbocycles. The highest BCUT2D eigenvalue weighted by Gasteiger charge is 2.37. The SMILES string of the molecule is CCCCOC(=O)c1ccc(NC=C2C(=O)N(C)C(=O)N(C)C2=O)cc1. The average molecular weight is 359 g/mol. The van der Waals surface area contributed by atoms with Crippen LogP contribution in [-0.4, -0.2) is 54.3 Å². The molecule has 1 heterocycles. The number of imide groups is 2. The lowest BCUT2D eigenvalue weighted by Crippen LogP contribution is -2.53. The zero-order valence-corrected chi connectivity index (χ0v) is 14.9. The molecule has 1 aromatic carbocycles. The van der Waals surface area contributed by atoms with Crippen LogP contribution in [0.5, 0.6) is 0 Å². The number of unbranched alkanes of at least 4 members (excludes halogenated alkanes) is 1. The van der Waals surface area contributed by atoms with Gasteiger partial charge in [0.15, 0.2) is 0 Å². The van der Waals surface area contributed by atoms with Crippen LogP contribution in [0.3, 0.4) is 0 Å². The number of esters is 1. The molecule has 1 aromatic rings. The normalized spacial score (nSPS) is 14.6. The Labute approximate surface area is 151 Å². The van der Waals surface area contributed by atoms with Gasteiger partial charge < -0.3 is 10.1 Å². The minimum absolute atomic E-state index is 0.155. The molecule has 8 heteroatoms. The fraction of sp³-hybridized carbons (Fsp3) is 0.333. The summed E-state index contributed by atoms with van der Waals surface area (Å²) in [7, 11) is 2.61. The first kappa shape index (κ1) is 19.2. The van der Waals surface area contributed by atoms with E-state index in [9.17, 15) is 19.2 Å². The number of rotatable bonds is 6. The van der Waals surface area contributed by atoms with Gasteiger partial charge in [0, 0.05) is 26.0 Å². The van der Waals surface area contributed by atoms with E-state index in [0.29, 0.717) is 17.9 Å². The van der Waals surface area contributed by atoms with E-state index in [4.69, 9.17) is 4.74 Å². The lowest BCUT2D eigenvalue weighted by Gasteiger charge is -2.28. The van der Waals surface area contributed by atoms with Gasteiger partial charge in [0.1, 0.15) is 5.57 Å². The Morgan fingerprint density at radius 1 is 1.08 bits per heavy atom. The van der Waals surface area contributed by atoms with Crippen LogP contribution in [-0.2, 0) is 14.3 Å². The van der Waals surface area contributed by atoms with E-state index in [1.54, 1.807) is 24.3 Å². The van der Waals surface area contributed by atoms with E-state index in [1.807, 2.05) is 6.92 Å². The molecule has 4 amide bonds. The van der Waals surface area contributed by atoms with Gasteiger partial charge >= 0.3 is 12.0 Å². The van der Waals surface area contributed by atoms with Crippen molar-refractivity contribution in [1.82, 2.24) is 9.80 Å². The van der Waals surface area contributed by atoms with Crippen molar-refractivity contribution in [2.75, 3.05) is 26.0 Å². The third kappa shape index (κ3) is 4.08. The lowest BCUT2D eigenvalue weighted by atomic mass is 10.1. The standard InChI is InChI=1S/C18H21N3O5/c1-4-5-10-26-17(24)12-6-8-13(9-7-12)19-11-14-15(22)20(2)18(25)21(3)16(14)23/h6-9,11,19H,4-5,10H2,1-3H3. The summed E-state index contributed by atoms with van der Waals surface area (Å²) in [4.78, 5) is 49.4. The Kier molecular flexibility index (Phi) is 6.11. The number of amides is 4. The van der Waals surface area contributed by atoms with Gasteiger partial charge in [0.2, 0.25) is 0 Å². The number of benzene rings is 1. The smallest absolute Gasteiger partial charge is 0.338 e. The molecule has 0 unspecified atom stereocenters. The van der Waals surface area contributed by atoms with Crippen LogP contribution < -0.4 is 5.32 Å². The summed E-state index contributed by atoms with van der Waals surface area (Å²) >= 11 is 0. The molecule has 0 radical (unpaired) electrons. The quantitative estimate of drug-likeness (QED) is 0.361. The zero-order valence-electron chi connectivity index (χ0n) is 14.9. The van der Waals surface area contributed by atoms with Gasteiger partial charge in [-0.05, 0) is 30.7 Å². The van der Waals surface area contributed by atoms with E-state index in [-0.39, 0.29) is 5.57 Å². The first-order chi connectivity index (χ1) is 12.4. The Balaban J connectivity index is 2.06. The highest BCUT2D eigenvalue weighted by Crippen LogP contribution is 2.16. The molecule has 1 fully saturated rings. The molecular weight excluding hydrogens is 338 g/mol. The number of likely N-dealkylation sites (N-methyl/N-ethyl adjacent to an activating group) is 2. The van der Waals surface area contributed by atoms with Gasteiger partial charge in [-0.25, -0.2) is 9.59 Å². The minimum Gasteiger partial charge on any atom is -0.462 e. The van der Waals surface area contributed by atoms with Gasteiger partial charge in [-0.2, -0.15) is 0 Å². The van der Waals surface area contributed by atoms with Crippen molar-refractivity contribution in [3.05, 3.63) is 41.6 Å². The summed E-state index contributed by atoms with van der Waals surface area (Å²) in [6.07, 6.45) is 3.00. The van der Waals surface area contributed by atoms with E-state index in [0.717, 1.165) is 22.6 Å². The largest absolute Gasteiger partial charge is 0.462 e. The van der Waals surface area contributed by atoms with E-state index in [1.165, 1.54) is 20.3 Å². The molecule has 1 aliphatic rings. The zero-order chi connectivity index (χ0) is 19.3. The molecule has 0 aliphatic carbocycles. The summed E-state index contributed by atoms with van der Waals surface area (Å²) in [5, 5.41) is 2.83. The Bertz CT molecular complexity index is 729. The Morgan fingerprint density at radius 2 is 1.65 bits per heavy atom. The van der Waals surface area contributed by atoms with Crippen molar-refractivity contribution in [3.8, 4) is 0 Å². The van der Waals surface area contributed by atoms with Gasteiger partial charge in [0.05, 0.1) is 12.2 Å². The maximum atomic E-state index is 12.1. The molecule has 26 heavy (non-hydrogen) atoms. The lowest BCUT2D eigenvalue weighted by molar-refractivity contribution is -0.134. The second-order valence-electron chi connectivity index (χ2n) is 5.78. The fourth-order valence-corrected chi connectivity index (χ4v) is 2.23. The average Bonchev–Trinajstić information content (AvgIpc) is 2.65. The van der Waals surface area contributed by atoms with Gasteiger partial charge in [-0.1, -0.05) is 13.3 Å². The maximum absolute atomic E-state index is 12.1. The molecule has 0 atom stereocenters. The number of hydrogen-bond acceptors (Lipinski definition) is 6. The predicted octanol–water partition coefficient (Wildman–Crippen LogP) is 1.99. The summed E-state index contributed by atoms with van der Waals surface area (Å²) in [6.45, 7) is 2.39. The highest BCUT2D eigenvalue weighted by atomic mass is 16.5. The molecule has 2 rings (SSSR count). The molecule has 138 valence electrons. The van der Waals surface area contributed by atoms with Gasteiger partial charge in [-0.3, -0.25) is 19.4 Å². The molecule has 1 aliphatic heterocycles. The highest BCUT2D eigenvalue weighted by molar-refractivity contribution is 6.28. The molecule has 8 nitrogen and oxygen atoms in total. The van der Waals surface area contributed by atoms with Crippen molar-refractivity contribution in [2.45, 2.75) is 19.8 Å². The van der Waals surface area contributed by atoms with Crippen molar-refractivity contribution >= 4 is 29.5 Å². The number of carbonyl (C=O) groups is 4. The predicted molar refractivity (Wildman–Crippen MR) is 94.3 cm³/mol. The first-order valence-electron chi connectivity index (χ1n) is 8.20. The maximum Gasteiger partial charge on any atom is 0.338 e. The van der Waals surface area contributed by atoms with Gasteiger partial charge in [0.25, 0.3) is 11.8 Å². The van der Waals surface area contributed by atoms with Crippen LogP contribution in [0, 0.1) is 0 Å². The van der Waals surface area contributed by atoms with Gasteiger partial charge in [-0.15, -0.1) is 0 Å². The number of nitrogens with one attached hydrogen (secondary N) is 1. The van der Waals surface area contributed by atoms with Crippen molar-refractivity contribution < 1.29 is 23.9 Å². The number of barbiturate groups is 1. The monoisotopic (exact) mass is 359 g/mol. The number of carbonyl (C=O) groups excluding carboxylic acids is 4. The minimum atomic E-state index is -0.679. The molecular formula is C18H21N3O5. The number of anilines is 1. The number of urea groups is 1. The van der Waals surface area contributed by atoms with E-state index >= 15 is 0 Å². The Morgan fingerprint density at radius 3 is 2.19 bits per heavy atom. The van der Waals surface area contributed by atoms with E-state index < -0.39 is 23.8 Å². The second-order valence-corrected chi connectivity index (χ2v) is 5.78. The van der Waals surface area contributed by atoms with Crippen molar-refractivity contribution in [1.29, 1.82) is 0 Å². The van der Waals surface area contributed by atoms with Crippen LogP contribution in [0.4, 0.5) is 10.5 Å². The molecule has 1 saturated heterocycles. The summed E-state index contributed by atoms with van der Waals surface area (Å²) in [6, 6.07) is 5.75. The second kappa shape index (κ2) is 8.28. The number of nitrogens with zero attached hydrogens (tertiary/aromatic N) is 2.